The molecule has 2 fully saturated rings. The molecule has 14 heteroatoms. The molecule has 5 aromatic rings. The number of carboxylic acid groups (broad SMARTS) is 1. The Balaban J connectivity index is 1.10. The molecule has 0 spiro atoms. The van der Waals surface area contributed by atoms with Crippen LogP contribution in [0.15, 0.2) is 54.7 Å². The molecule has 10 nitrogen and oxygen atoms in total. The van der Waals surface area contributed by atoms with E-state index in [4.69, 9.17) is 21.1 Å². The van der Waals surface area contributed by atoms with Crippen LogP contribution in [0.5, 0.6) is 5.88 Å². The average Bonchev–Trinajstić information content (AvgIpc) is 3.67. The number of carbonyl (C=O) groups excluding carboxylic acids is 1. The Kier molecular flexibility index (Phi) is 8.49. The molecular formula is C35H29ClF3N5O5. The molecular weight excluding hydrogens is 663 g/mol. The van der Waals surface area contributed by atoms with Gasteiger partial charge in [-0.25, -0.2) is 27.9 Å². The van der Waals surface area contributed by atoms with E-state index in [9.17, 15) is 19.1 Å². The first-order valence-electron chi connectivity index (χ1n) is 15.5. The highest BCUT2D eigenvalue weighted by atomic mass is 35.5. The zero-order valence-corrected chi connectivity index (χ0v) is 26.9. The molecule has 1 saturated heterocycles. The van der Waals surface area contributed by atoms with E-state index < -0.39 is 23.4 Å². The van der Waals surface area contributed by atoms with Gasteiger partial charge in [0.2, 0.25) is 5.88 Å². The van der Waals surface area contributed by atoms with E-state index in [1.807, 2.05) is 6.92 Å². The number of carboxylic acids is 1. The topological polar surface area (TPSA) is 128 Å². The van der Waals surface area contributed by atoms with Gasteiger partial charge in [-0.05, 0) is 68.1 Å². The van der Waals surface area contributed by atoms with E-state index in [2.05, 4.69) is 20.3 Å². The van der Waals surface area contributed by atoms with Crippen LogP contribution in [0.3, 0.4) is 0 Å². The van der Waals surface area contributed by atoms with Gasteiger partial charge < -0.3 is 24.5 Å². The Labute approximate surface area is 282 Å². The van der Waals surface area contributed by atoms with Crippen LogP contribution in [0.2, 0.25) is 5.02 Å². The first kappa shape index (κ1) is 32.5. The predicted molar refractivity (Wildman–Crippen MR) is 172 cm³/mol. The van der Waals surface area contributed by atoms with Gasteiger partial charge in [-0.2, -0.15) is 0 Å². The van der Waals surface area contributed by atoms with Crippen LogP contribution < -0.4 is 10.1 Å². The third-order valence-corrected chi connectivity index (χ3v) is 9.10. The summed E-state index contributed by atoms with van der Waals surface area (Å²) < 4.78 is 59.0. The van der Waals surface area contributed by atoms with E-state index in [-0.39, 0.29) is 93.0 Å². The van der Waals surface area contributed by atoms with Gasteiger partial charge in [0.05, 0.1) is 34.4 Å². The zero-order chi connectivity index (χ0) is 34.4. The molecule has 2 N–H and O–H groups in total. The van der Waals surface area contributed by atoms with Gasteiger partial charge in [0.15, 0.2) is 5.82 Å². The van der Waals surface area contributed by atoms with E-state index in [1.54, 1.807) is 16.7 Å². The lowest BCUT2D eigenvalue weighted by atomic mass is 10.0. The minimum Gasteiger partial charge on any atom is -0.478 e. The molecule has 0 bridgehead atoms. The third kappa shape index (κ3) is 6.81. The summed E-state index contributed by atoms with van der Waals surface area (Å²) in [5.41, 5.74) is 0.346. The number of aromatic nitrogens is 4. The Morgan fingerprint density at radius 3 is 2.57 bits per heavy atom. The lowest BCUT2D eigenvalue weighted by Crippen LogP contribution is -2.34. The smallest absolute Gasteiger partial charge is 0.335 e. The minimum atomic E-state index is -1.30. The van der Waals surface area contributed by atoms with Gasteiger partial charge >= 0.3 is 5.97 Å². The number of amides is 1. The number of nitrogens with zero attached hydrogens (tertiary/aromatic N) is 4. The Morgan fingerprint density at radius 2 is 1.88 bits per heavy atom. The number of nitrogens with one attached hydrogen (secondary N) is 1. The molecule has 1 aliphatic heterocycles. The molecule has 7 rings (SSSR count). The van der Waals surface area contributed by atoms with Crippen LogP contribution in [0.4, 0.5) is 13.2 Å². The molecule has 2 aliphatic rings. The van der Waals surface area contributed by atoms with E-state index in [0.29, 0.717) is 12.2 Å². The molecule has 252 valence electrons. The lowest BCUT2D eigenvalue weighted by molar-refractivity contribution is -0.0589. The Bertz CT molecular complexity index is 2130. The summed E-state index contributed by atoms with van der Waals surface area (Å²) >= 11 is 6.39. The zero-order valence-electron chi connectivity index (χ0n) is 26.1. The van der Waals surface area contributed by atoms with Crippen LogP contribution in [-0.2, 0) is 24.3 Å². The summed E-state index contributed by atoms with van der Waals surface area (Å²) in [7, 11) is 0. The van der Waals surface area contributed by atoms with Crippen LogP contribution >= 0.6 is 11.6 Å². The number of rotatable bonds is 11. The molecule has 49 heavy (non-hydrogen) atoms. The summed E-state index contributed by atoms with van der Waals surface area (Å²) in [6, 6.07) is 10.4. The molecule has 1 saturated carbocycles. The van der Waals surface area contributed by atoms with Crippen molar-refractivity contribution in [1.82, 2.24) is 24.8 Å². The van der Waals surface area contributed by atoms with Gasteiger partial charge in [0, 0.05) is 42.0 Å². The molecule has 2 aromatic carbocycles. The van der Waals surface area contributed by atoms with Crippen molar-refractivity contribution in [1.29, 1.82) is 0 Å². The number of benzene rings is 2. The molecule has 1 atom stereocenters. The van der Waals surface area contributed by atoms with E-state index in [1.165, 1.54) is 24.4 Å². The Morgan fingerprint density at radius 1 is 1.08 bits per heavy atom. The minimum absolute atomic E-state index is 0.0379. The number of fused-ring (bicyclic) bond motifs is 1. The second kappa shape index (κ2) is 12.8. The van der Waals surface area contributed by atoms with E-state index in [0.717, 1.165) is 37.5 Å². The number of hydrogen-bond donors (Lipinski definition) is 2. The first-order valence-corrected chi connectivity index (χ1v) is 15.9. The highest BCUT2D eigenvalue weighted by Crippen LogP contribution is 2.35. The van der Waals surface area contributed by atoms with Crippen molar-refractivity contribution in [3.8, 4) is 17.1 Å². The quantitative estimate of drug-likeness (QED) is 0.161. The molecule has 1 aliphatic carbocycles. The summed E-state index contributed by atoms with van der Waals surface area (Å²) in [6.45, 7) is 2.72. The monoisotopic (exact) mass is 691 g/mol. The number of hydrogen-bond acceptors (Lipinski definition) is 7. The standard InChI is InChI=1S/C35H29ClF3N5O5/c1-35(6-7-35)43-33(45)28-14-23(36)20(15-40-28)17-49-31-4-2-3-27(41-31)22-13-24(37)18(9-25(22)38)12-30-42-32-26(39)10-19(34(46)47)11-29(32)44(30)16-21-5-8-48-21/h2-4,9-11,13-15,21H,5-8,12,16-17H2,1H3,(H,43,45)(H,46,47)/t21-/m0/s1. The number of pyridine rings is 2. The van der Waals surface area contributed by atoms with E-state index >= 15 is 8.78 Å². The highest BCUT2D eigenvalue weighted by molar-refractivity contribution is 6.31. The normalized spacial score (nSPS) is 16.3. The lowest BCUT2D eigenvalue weighted by Gasteiger charge is -2.27. The summed E-state index contributed by atoms with van der Waals surface area (Å²) in [5.74, 6) is -3.60. The summed E-state index contributed by atoms with van der Waals surface area (Å²) in [4.78, 5) is 36.9. The number of imidazole rings is 1. The fourth-order valence-corrected chi connectivity index (χ4v) is 5.76. The number of aromatic carboxylic acids is 1. The fourth-order valence-electron chi connectivity index (χ4n) is 5.55. The number of halogens is 4. The highest BCUT2D eigenvalue weighted by Gasteiger charge is 2.39. The largest absolute Gasteiger partial charge is 0.478 e. The van der Waals surface area contributed by atoms with Crippen molar-refractivity contribution >= 4 is 34.5 Å². The second-order valence-electron chi connectivity index (χ2n) is 12.5. The number of ether oxygens (including phenoxy) is 2. The maximum atomic E-state index is 15.6. The van der Waals surface area contributed by atoms with Crippen molar-refractivity contribution in [2.24, 2.45) is 0 Å². The van der Waals surface area contributed by atoms with Crippen LogP contribution in [0.25, 0.3) is 22.3 Å². The maximum Gasteiger partial charge on any atom is 0.335 e. The molecule has 3 aromatic heterocycles. The maximum absolute atomic E-state index is 15.6. The number of carbonyl (C=O) groups is 2. The van der Waals surface area contributed by atoms with Crippen LogP contribution in [0.1, 0.15) is 64.0 Å². The van der Waals surface area contributed by atoms with Crippen molar-refractivity contribution in [3.63, 3.8) is 0 Å². The molecule has 4 heterocycles. The molecule has 1 amide bonds. The van der Waals surface area contributed by atoms with Crippen LogP contribution in [0, 0.1) is 17.5 Å². The van der Waals surface area contributed by atoms with Crippen molar-refractivity contribution in [2.75, 3.05) is 6.61 Å². The third-order valence-electron chi connectivity index (χ3n) is 8.75. The van der Waals surface area contributed by atoms with Crippen LogP contribution in [-0.4, -0.2) is 54.8 Å². The second-order valence-corrected chi connectivity index (χ2v) is 12.9. The van der Waals surface area contributed by atoms with Crippen molar-refractivity contribution in [2.45, 2.75) is 57.4 Å². The van der Waals surface area contributed by atoms with Crippen molar-refractivity contribution in [3.05, 3.63) is 105 Å². The summed E-state index contributed by atoms with van der Waals surface area (Å²) in [6.07, 6.45) is 3.60. The Hall–Kier alpha value is -5.01. The molecule has 0 radical (unpaired) electrons. The van der Waals surface area contributed by atoms with Gasteiger partial charge in [0.1, 0.15) is 35.3 Å². The van der Waals surface area contributed by atoms with Gasteiger partial charge in [0.25, 0.3) is 5.91 Å². The predicted octanol–water partition coefficient (Wildman–Crippen LogP) is 6.50. The van der Waals surface area contributed by atoms with Gasteiger partial charge in [-0.1, -0.05) is 17.7 Å². The average molecular weight is 692 g/mol. The van der Waals surface area contributed by atoms with Gasteiger partial charge in [-0.15, -0.1) is 0 Å². The van der Waals surface area contributed by atoms with Crippen molar-refractivity contribution < 1.29 is 37.3 Å². The first-order chi connectivity index (χ1) is 23.5. The molecule has 0 unspecified atom stereocenters. The SMILES string of the molecule is CC1(NC(=O)c2cc(Cl)c(COc3cccc(-c4cc(F)c(Cc5nc6c(F)cc(C(=O)O)cc6n5C[C@@H]5CCO5)cc4F)n3)cn2)CC1. The summed E-state index contributed by atoms with van der Waals surface area (Å²) in [5, 5.41) is 12.6. The van der Waals surface area contributed by atoms with Gasteiger partial charge in [-0.3, -0.25) is 9.78 Å². The fraction of sp³-hybridized carbons (Fsp3) is 0.286.